The summed E-state index contributed by atoms with van der Waals surface area (Å²) in [6, 6.07) is 0. The predicted molar refractivity (Wildman–Crippen MR) is 250 cm³/mol. The van der Waals surface area contributed by atoms with Crippen molar-refractivity contribution in [3.8, 4) is 0 Å². The highest BCUT2D eigenvalue weighted by atomic mass is 16.6. The van der Waals surface area contributed by atoms with Crippen molar-refractivity contribution in [2.24, 2.45) is 0 Å². The molecule has 0 spiro atoms. The molecule has 69 heavy (non-hydrogen) atoms. The second-order valence-corrected chi connectivity index (χ2v) is 17.2. The minimum Gasteiger partial charge on any atom is -0.463 e. The van der Waals surface area contributed by atoms with Crippen molar-refractivity contribution in [1.82, 2.24) is 0 Å². The van der Waals surface area contributed by atoms with Gasteiger partial charge in [0.1, 0.15) is 61.5 Å². The number of unbranched alkanes of at least 4 members (excludes halogenated alkanes) is 11. The molecule has 0 saturated heterocycles. The third-order valence-corrected chi connectivity index (χ3v) is 9.69. The highest BCUT2D eigenvalue weighted by Gasteiger charge is 2.16. The van der Waals surface area contributed by atoms with Crippen molar-refractivity contribution in [2.45, 2.75) is 158 Å². The van der Waals surface area contributed by atoms with Gasteiger partial charge >= 0.3 is 5.97 Å². The first-order chi connectivity index (χ1) is 33.2. The van der Waals surface area contributed by atoms with Crippen LogP contribution in [0.2, 0.25) is 0 Å². The van der Waals surface area contributed by atoms with E-state index in [1.54, 1.807) is 0 Å². The quantitative estimate of drug-likeness (QED) is 0.0155. The van der Waals surface area contributed by atoms with E-state index in [1.807, 2.05) is 0 Å². The fraction of sp³-hybridized carbons (Fsp3) is 0.936. The van der Waals surface area contributed by atoms with Crippen LogP contribution in [0.1, 0.15) is 96.8 Å². The van der Waals surface area contributed by atoms with Gasteiger partial charge in [0.15, 0.2) is 6.29 Å². The molecule has 0 amide bonds. The van der Waals surface area contributed by atoms with E-state index >= 15 is 0 Å². The van der Waals surface area contributed by atoms with Gasteiger partial charge in [-0.2, -0.15) is 0 Å². The second kappa shape index (κ2) is 48.7. The van der Waals surface area contributed by atoms with E-state index in [0.29, 0.717) is 6.42 Å². The van der Waals surface area contributed by atoms with E-state index in [0.717, 1.165) is 38.5 Å². The Morgan fingerprint density at radius 3 is 1.01 bits per heavy atom. The SMILES string of the molecule is CCCCCCCC/C=C/CCCCCCCC(=O)OCC(O)COCC(O)COCC(O)COCC(O)COCC(O)COCC(O)COC(O)COCC(O)COCC(O)COCC(O)CO. The van der Waals surface area contributed by atoms with Crippen molar-refractivity contribution in [1.29, 1.82) is 0 Å². The summed E-state index contributed by atoms with van der Waals surface area (Å²) in [5, 5.41) is 108. The predicted octanol–water partition coefficient (Wildman–Crippen LogP) is -0.725. The average molecular weight is 1010 g/mol. The fourth-order valence-electron chi connectivity index (χ4n) is 5.99. The molecule has 0 aliphatic carbocycles. The van der Waals surface area contributed by atoms with E-state index in [2.05, 4.69) is 19.1 Å². The molecule has 0 saturated carbocycles. The van der Waals surface area contributed by atoms with Crippen LogP contribution < -0.4 is 0 Å². The van der Waals surface area contributed by atoms with Crippen LogP contribution in [0, 0.1) is 0 Å². The summed E-state index contributed by atoms with van der Waals surface area (Å²) in [4.78, 5) is 12.0. The first kappa shape index (κ1) is 67.4. The summed E-state index contributed by atoms with van der Waals surface area (Å²) in [7, 11) is 0. The number of esters is 1. The minimum absolute atomic E-state index is 0.137. The molecule has 0 rings (SSSR count). The van der Waals surface area contributed by atoms with Crippen LogP contribution in [0.15, 0.2) is 12.2 Å². The van der Waals surface area contributed by atoms with E-state index in [9.17, 15) is 55.9 Å². The third-order valence-electron chi connectivity index (χ3n) is 9.69. The van der Waals surface area contributed by atoms with Gasteiger partial charge in [0, 0.05) is 6.42 Å². The van der Waals surface area contributed by atoms with Gasteiger partial charge in [-0.15, -0.1) is 0 Å². The number of hydrogen-bond acceptors (Lipinski definition) is 22. The van der Waals surface area contributed by atoms with Crippen molar-refractivity contribution >= 4 is 5.97 Å². The lowest BCUT2D eigenvalue weighted by molar-refractivity contribution is -0.165. The Labute approximate surface area is 409 Å². The molecule has 22 heteroatoms. The first-order valence-electron chi connectivity index (χ1n) is 24.7. The van der Waals surface area contributed by atoms with Gasteiger partial charge in [0.05, 0.1) is 119 Å². The van der Waals surface area contributed by atoms with Crippen LogP contribution >= 0.6 is 0 Å². The number of allylic oxidation sites excluding steroid dienone is 2. The molecule has 0 heterocycles. The number of ether oxygens (including phenoxy) is 10. The lowest BCUT2D eigenvalue weighted by atomic mass is 10.1. The molecule has 0 aliphatic heterocycles. The Balaban J connectivity index is 3.73. The van der Waals surface area contributed by atoms with Crippen molar-refractivity contribution < 1.29 is 108 Å². The van der Waals surface area contributed by atoms with Gasteiger partial charge in [-0.05, 0) is 32.1 Å². The Morgan fingerprint density at radius 2 is 0.652 bits per heavy atom. The number of aliphatic hydroxyl groups is 11. The number of aliphatic hydroxyl groups excluding tert-OH is 11. The van der Waals surface area contributed by atoms with Gasteiger partial charge in [0.2, 0.25) is 0 Å². The smallest absolute Gasteiger partial charge is 0.305 e. The zero-order chi connectivity index (χ0) is 51.2. The zero-order valence-electron chi connectivity index (χ0n) is 41.2. The van der Waals surface area contributed by atoms with Gasteiger partial charge < -0.3 is 104 Å². The summed E-state index contributed by atoms with van der Waals surface area (Å²) in [6.45, 7) is -1.75. The molecule has 11 N–H and O–H groups in total. The summed E-state index contributed by atoms with van der Waals surface area (Å²) in [6.07, 6.45) is 9.10. The maximum absolute atomic E-state index is 12.0. The van der Waals surface area contributed by atoms with Crippen LogP contribution in [0.4, 0.5) is 0 Å². The molecule has 0 bridgehead atoms. The molecule has 0 radical (unpaired) electrons. The number of carbonyl (C=O) groups is 1. The van der Waals surface area contributed by atoms with Gasteiger partial charge in [-0.25, -0.2) is 0 Å². The number of carbonyl (C=O) groups excluding carboxylic acids is 1. The maximum Gasteiger partial charge on any atom is 0.305 e. The highest BCUT2D eigenvalue weighted by Crippen LogP contribution is 2.11. The molecule has 0 aromatic heterocycles. The zero-order valence-corrected chi connectivity index (χ0v) is 41.2. The van der Waals surface area contributed by atoms with Crippen molar-refractivity contribution in [3.63, 3.8) is 0 Å². The lowest BCUT2D eigenvalue weighted by Crippen LogP contribution is -2.32. The Kier molecular flexibility index (Phi) is 47.5. The lowest BCUT2D eigenvalue weighted by Gasteiger charge is -2.19. The van der Waals surface area contributed by atoms with Crippen LogP contribution in [0.5, 0.6) is 0 Å². The van der Waals surface area contributed by atoms with Crippen LogP contribution in [-0.4, -0.2) is 249 Å². The van der Waals surface area contributed by atoms with Gasteiger partial charge in [-0.3, -0.25) is 4.79 Å². The third kappa shape index (κ3) is 48.4. The summed E-state index contributed by atoms with van der Waals surface area (Å²) in [5.74, 6) is -0.369. The minimum atomic E-state index is -1.42. The largest absolute Gasteiger partial charge is 0.463 e. The summed E-state index contributed by atoms with van der Waals surface area (Å²) < 4.78 is 51.8. The standard InChI is InChI=1S/C47H92O22/c1-2-3-4-5-6-7-8-9-10-11-12-13-14-15-16-17-46(58)68-34-44(56)32-65-28-41(53)26-62-24-39(51)22-61-23-40(52)25-63-27-42(54)29-66-33-45(57)35-69-47(59)36-67-31-43(55)30-64-21-38(50)20-60-19-37(49)18-48/h9-10,37-45,47-57,59H,2-8,11-36H2,1H3/b10-9+. The molecule has 10 atom stereocenters. The van der Waals surface area contributed by atoms with Crippen molar-refractivity contribution in [2.75, 3.05) is 126 Å². The maximum atomic E-state index is 12.0. The second-order valence-electron chi connectivity index (χ2n) is 17.2. The monoisotopic (exact) mass is 1010 g/mol. The van der Waals surface area contributed by atoms with Crippen LogP contribution in [0.25, 0.3) is 0 Å². The molecule has 0 aliphatic rings. The molecule has 10 unspecified atom stereocenters. The molecular formula is C47H92O22. The average Bonchev–Trinajstić information content (AvgIpc) is 3.31. The Bertz CT molecular complexity index is 1130. The van der Waals surface area contributed by atoms with Crippen molar-refractivity contribution in [3.05, 3.63) is 12.2 Å². The topological polar surface area (TPSA) is 332 Å². The molecule has 0 fully saturated rings. The summed E-state index contributed by atoms with van der Waals surface area (Å²) >= 11 is 0. The van der Waals surface area contributed by atoms with E-state index < -0.39 is 67.8 Å². The number of hydrogen-bond donors (Lipinski definition) is 11. The molecule has 0 aromatic rings. The van der Waals surface area contributed by atoms with Crippen LogP contribution in [0.3, 0.4) is 0 Å². The molecule has 22 nitrogen and oxygen atoms in total. The number of rotatable bonds is 53. The van der Waals surface area contributed by atoms with Crippen LogP contribution in [-0.2, 0) is 52.2 Å². The molecule has 0 aromatic carbocycles. The Hall–Kier alpha value is -1.59. The first-order valence-corrected chi connectivity index (χ1v) is 24.7. The fourth-order valence-corrected chi connectivity index (χ4v) is 5.99. The Morgan fingerprint density at radius 1 is 0.362 bits per heavy atom. The van der Waals surface area contributed by atoms with E-state index in [1.165, 1.54) is 44.9 Å². The van der Waals surface area contributed by atoms with Gasteiger partial charge in [0.25, 0.3) is 0 Å². The van der Waals surface area contributed by atoms with E-state index in [4.69, 9.17) is 52.5 Å². The molecular weight excluding hydrogens is 916 g/mol. The van der Waals surface area contributed by atoms with Gasteiger partial charge in [-0.1, -0.05) is 70.4 Å². The normalized spacial score (nSPS) is 16.5. The molecule has 412 valence electrons. The highest BCUT2D eigenvalue weighted by molar-refractivity contribution is 5.69. The van der Waals surface area contributed by atoms with E-state index in [-0.39, 0.29) is 125 Å². The summed E-state index contributed by atoms with van der Waals surface area (Å²) in [5.41, 5.74) is 0.